The minimum atomic E-state index is -0.414. The van der Waals surface area contributed by atoms with Crippen molar-refractivity contribution in [1.82, 2.24) is 14.7 Å². The second-order valence-corrected chi connectivity index (χ2v) is 9.32. The number of likely N-dealkylation sites (N-methyl/N-ethyl adjacent to an activating group) is 2. The number of methoxy groups -OCH3 is 2. The monoisotopic (exact) mass is 489 g/mol. The highest BCUT2D eigenvalue weighted by Gasteiger charge is 2.46. The molecule has 36 heavy (non-hydrogen) atoms. The Bertz CT molecular complexity index is 1050. The molecule has 4 rings (SSSR count). The zero-order valence-corrected chi connectivity index (χ0v) is 21.4. The predicted octanol–water partition coefficient (Wildman–Crippen LogP) is 4.91. The number of hydrogen-bond donors (Lipinski definition) is 0. The van der Waals surface area contributed by atoms with Gasteiger partial charge in [0.05, 0.1) is 38.5 Å². The molecule has 0 bridgehead atoms. The van der Waals surface area contributed by atoms with Gasteiger partial charge in [0.2, 0.25) is 0 Å². The van der Waals surface area contributed by atoms with E-state index in [1.807, 2.05) is 24.4 Å². The van der Waals surface area contributed by atoms with E-state index < -0.39 is 6.09 Å². The summed E-state index contributed by atoms with van der Waals surface area (Å²) in [6, 6.07) is 21.2. The number of hydrogen-bond acceptors (Lipinski definition) is 6. The van der Waals surface area contributed by atoms with Crippen LogP contribution >= 0.6 is 0 Å². The highest BCUT2D eigenvalue weighted by Crippen LogP contribution is 2.47. The molecule has 1 fully saturated rings. The molecule has 1 amide bonds. The van der Waals surface area contributed by atoms with E-state index in [9.17, 15) is 9.59 Å². The molecule has 2 aromatic rings. The van der Waals surface area contributed by atoms with Crippen molar-refractivity contribution in [3.05, 3.63) is 95.7 Å². The summed E-state index contributed by atoms with van der Waals surface area (Å²) in [5, 5.41) is 0. The third kappa shape index (κ3) is 5.22. The molecule has 2 aliphatic heterocycles. The minimum absolute atomic E-state index is 0.0557. The molecule has 7 nitrogen and oxygen atoms in total. The molecule has 0 aliphatic carbocycles. The van der Waals surface area contributed by atoms with Crippen molar-refractivity contribution < 1.29 is 19.1 Å². The number of benzene rings is 2. The van der Waals surface area contributed by atoms with Gasteiger partial charge in [-0.25, -0.2) is 4.79 Å². The van der Waals surface area contributed by atoms with Gasteiger partial charge in [-0.05, 0) is 38.1 Å². The lowest BCUT2D eigenvalue weighted by molar-refractivity contribution is -0.140. The molecule has 0 N–H and O–H groups in total. The van der Waals surface area contributed by atoms with Gasteiger partial charge in [-0.1, -0.05) is 72.8 Å². The molecular formula is C29H35N3O4. The van der Waals surface area contributed by atoms with Crippen LogP contribution in [0.2, 0.25) is 0 Å². The van der Waals surface area contributed by atoms with Gasteiger partial charge >= 0.3 is 12.1 Å². The van der Waals surface area contributed by atoms with E-state index in [0.29, 0.717) is 19.3 Å². The molecule has 2 aromatic carbocycles. The van der Waals surface area contributed by atoms with E-state index in [-0.39, 0.29) is 30.3 Å². The summed E-state index contributed by atoms with van der Waals surface area (Å²) in [4.78, 5) is 30.7. The molecule has 1 unspecified atom stereocenters. The standard InChI is InChI=1S/C29H35N3O4/c1-30-26(21-12-7-5-8-13-21)27(22-14-9-6-10-15-22)31(2)28(30)23-18-19-24(16-11-17-25(33)35-3)32(20-23)29(34)36-4/h5-10,12-15,18-20,24,26-28H,11,16-17H2,1-4H3/t24?,26-,27-/m0/s1. The molecular weight excluding hydrogens is 454 g/mol. The van der Waals surface area contributed by atoms with E-state index in [4.69, 9.17) is 9.47 Å². The second-order valence-electron chi connectivity index (χ2n) is 9.32. The highest BCUT2D eigenvalue weighted by atomic mass is 16.5. The van der Waals surface area contributed by atoms with E-state index in [1.54, 1.807) is 4.90 Å². The van der Waals surface area contributed by atoms with E-state index in [0.717, 1.165) is 5.57 Å². The number of esters is 1. The van der Waals surface area contributed by atoms with Crippen LogP contribution in [0.3, 0.4) is 0 Å². The Morgan fingerprint density at radius 3 is 1.89 bits per heavy atom. The molecule has 2 aliphatic rings. The summed E-state index contributed by atoms with van der Waals surface area (Å²) in [6.45, 7) is 0. The fourth-order valence-electron chi connectivity index (χ4n) is 5.50. The maximum absolute atomic E-state index is 12.7. The first kappa shape index (κ1) is 25.7. The molecule has 0 saturated carbocycles. The van der Waals surface area contributed by atoms with Crippen LogP contribution in [0, 0.1) is 0 Å². The number of carbonyl (C=O) groups excluding carboxylic acids is 2. The van der Waals surface area contributed by atoms with Crippen LogP contribution < -0.4 is 0 Å². The number of amides is 1. The summed E-state index contributed by atoms with van der Waals surface area (Å²) in [5.41, 5.74) is 3.50. The van der Waals surface area contributed by atoms with E-state index in [2.05, 4.69) is 78.5 Å². The second kappa shape index (κ2) is 11.5. The van der Waals surface area contributed by atoms with Crippen molar-refractivity contribution in [2.24, 2.45) is 0 Å². The predicted molar refractivity (Wildman–Crippen MR) is 139 cm³/mol. The van der Waals surface area contributed by atoms with Gasteiger partial charge in [0, 0.05) is 18.2 Å². The normalized spacial score (nSPS) is 22.9. The first-order valence-corrected chi connectivity index (χ1v) is 12.3. The van der Waals surface area contributed by atoms with Crippen LogP contribution in [0.25, 0.3) is 0 Å². The topological polar surface area (TPSA) is 62.3 Å². The van der Waals surface area contributed by atoms with Crippen molar-refractivity contribution in [3.8, 4) is 0 Å². The first-order chi connectivity index (χ1) is 17.5. The van der Waals surface area contributed by atoms with Gasteiger partial charge in [-0.15, -0.1) is 0 Å². The third-order valence-electron chi connectivity index (χ3n) is 7.18. The molecule has 0 radical (unpaired) electrons. The Kier molecular flexibility index (Phi) is 8.23. The average molecular weight is 490 g/mol. The Labute approximate surface area is 213 Å². The van der Waals surface area contributed by atoms with Crippen LogP contribution in [0.5, 0.6) is 0 Å². The van der Waals surface area contributed by atoms with Crippen molar-refractivity contribution >= 4 is 12.1 Å². The zero-order chi connectivity index (χ0) is 25.7. The van der Waals surface area contributed by atoms with Gasteiger partial charge in [0.1, 0.15) is 0 Å². The summed E-state index contributed by atoms with van der Waals surface area (Å²) >= 11 is 0. The van der Waals surface area contributed by atoms with Crippen LogP contribution in [0.4, 0.5) is 4.79 Å². The van der Waals surface area contributed by atoms with Gasteiger partial charge in [-0.3, -0.25) is 19.5 Å². The Morgan fingerprint density at radius 2 is 1.39 bits per heavy atom. The quantitative estimate of drug-likeness (QED) is 0.515. The highest BCUT2D eigenvalue weighted by molar-refractivity contribution is 5.71. The summed E-state index contributed by atoms with van der Waals surface area (Å²) < 4.78 is 9.85. The van der Waals surface area contributed by atoms with E-state index in [1.165, 1.54) is 25.3 Å². The first-order valence-electron chi connectivity index (χ1n) is 12.3. The van der Waals surface area contributed by atoms with Gasteiger partial charge < -0.3 is 9.47 Å². The van der Waals surface area contributed by atoms with Crippen LogP contribution in [-0.2, 0) is 14.3 Å². The number of carbonyl (C=O) groups is 2. The largest absolute Gasteiger partial charge is 0.469 e. The Morgan fingerprint density at radius 1 is 0.833 bits per heavy atom. The molecule has 190 valence electrons. The molecule has 2 heterocycles. The van der Waals surface area contributed by atoms with Gasteiger partial charge in [-0.2, -0.15) is 0 Å². The third-order valence-corrected chi connectivity index (χ3v) is 7.18. The Hall–Kier alpha value is -3.42. The molecule has 7 heteroatoms. The van der Waals surface area contributed by atoms with E-state index >= 15 is 0 Å². The lowest BCUT2D eigenvalue weighted by Gasteiger charge is -2.34. The fraction of sp³-hybridized carbons (Fsp3) is 0.379. The SMILES string of the molecule is COC(=O)CCCC1C=CC(C2N(C)[C@@H](c3ccccc3)[C@H](c3ccccc3)N2C)=CN1C(=O)OC. The summed E-state index contributed by atoms with van der Waals surface area (Å²) in [5.74, 6) is -0.247. The minimum Gasteiger partial charge on any atom is -0.469 e. The van der Waals surface area contributed by atoms with Crippen molar-refractivity contribution in [1.29, 1.82) is 0 Å². The van der Waals surface area contributed by atoms with Crippen LogP contribution in [0.1, 0.15) is 42.5 Å². The lowest BCUT2D eigenvalue weighted by atomic mass is 9.93. The lowest BCUT2D eigenvalue weighted by Crippen LogP contribution is -2.42. The maximum atomic E-state index is 12.7. The van der Waals surface area contributed by atoms with Crippen molar-refractivity contribution in [3.63, 3.8) is 0 Å². The van der Waals surface area contributed by atoms with Crippen LogP contribution in [0.15, 0.2) is 84.6 Å². The summed E-state index contributed by atoms with van der Waals surface area (Å²) in [7, 11) is 7.06. The maximum Gasteiger partial charge on any atom is 0.414 e. The van der Waals surface area contributed by atoms with Crippen molar-refractivity contribution in [2.75, 3.05) is 28.3 Å². The summed E-state index contributed by atoms with van der Waals surface area (Å²) in [6.07, 6.45) is 7.16. The molecule has 0 spiro atoms. The number of nitrogens with zero attached hydrogens (tertiary/aromatic N) is 3. The molecule has 0 aromatic heterocycles. The van der Waals surface area contributed by atoms with Gasteiger partial charge in [0.15, 0.2) is 0 Å². The fourth-order valence-corrected chi connectivity index (χ4v) is 5.50. The molecule has 3 atom stereocenters. The smallest absolute Gasteiger partial charge is 0.414 e. The average Bonchev–Trinajstić information content (AvgIpc) is 3.18. The number of rotatable bonds is 7. The molecule has 1 saturated heterocycles. The van der Waals surface area contributed by atoms with Gasteiger partial charge in [0.25, 0.3) is 0 Å². The number of ether oxygens (including phenoxy) is 2. The van der Waals surface area contributed by atoms with Crippen LogP contribution in [-0.4, -0.2) is 67.3 Å². The van der Waals surface area contributed by atoms with Crippen molar-refractivity contribution in [2.45, 2.75) is 43.6 Å². The zero-order valence-electron chi connectivity index (χ0n) is 21.4. The Balaban J connectivity index is 1.65.